The molecule has 4 nitrogen and oxygen atoms in total. The lowest BCUT2D eigenvalue weighted by molar-refractivity contribution is 0.596. The molecule has 0 saturated carbocycles. The van der Waals surface area contributed by atoms with Crippen LogP contribution >= 0.6 is 27.3 Å². The first-order valence-electron chi connectivity index (χ1n) is 4.60. The lowest BCUT2D eigenvalue weighted by Gasteiger charge is -2.07. The van der Waals surface area contributed by atoms with Gasteiger partial charge in [-0.15, -0.1) is 11.3 Å². The van der Waals surface area contributed by atoms with E-state index in [9.17, 15) is 8.42 Å². The number of hydrogen-bond acceptors (Lipinski definition) is 5. The SMILES string of the molecule is O=S1(=O)CCC(CNc2nc(Br)cs2)C1. The normalized spacial score (nSPS) is 24.2. The van der Waals surface area contributed by atoms with Crippen molar-refractivity contribution in [3.8, 4) is 0 Å². The van der Waals surface area contributed by atoms with Gasteiger partial charge in [-0.2, -0.15) is 0 Å². The Labute approximate surface area is 101 Å². The Morgan fingerprint density at radius 2 is 2.47 bits per heavy atom. The Balaban J connectivity index is 1.85. The summed E-state index contributed by atoms with van der Waals surface area (Å²) < 4.78 is 23.2. The molecule has 0 aliphatic carbocycles. The Morgan fingerprint density at radius 1 is 1.67 bits per heavy atom. The molecule has 0 aromatic carbocycles. The molecule has 1 aliphatic heterocycles. The maximum atomic E-state index is 11.2. The van der Waals surface area contributed by atoms with Crippen molar-refractivity contribution >= 4 is 42.2 Å². The van der Waals surface area contributed by atoms with Crippen LogP contribution < -0.4 is 5.32 Å². The van der Waals surface area contributed by atoms with E-state index in [1.807, 2.05) is 5.38 Å². The standard InChI is InChI=1S/C8H11BrN2O2S2/c9-7-4-14-8(11-7)10-3-6-1-2-15(12,13)5-6/h4,6H,1-3,5H2,(H,10,11). The highest BCUT2D eigenvalue weighted by Gasteiger charge is 2.27. The van der Waals surface area contributed by atoms with E-state index in [1.54, 1.807) is 0 Å². The molecule has 2 heterocycles. The van der Waals surface area contributed by atoms with Gasteiger partial charge in [-0.1, -0.05) is 0 Å². The Hall–Kier alpha value is -0.140. The molecule has 1 aliphatic rings. The summed E-state index contributed by atoms with van der Waals surface area (Å²) in [6.45, 7) is 0.694. The molecular weight excluding hydrogens is 300 g/mol. The Bertz CT molecular complexity index is 443. The van der Waals surface area contributed by atoms with Crippen molar-refractivity contribution in [2.24, 2.45) is 5.92 Å². The molecule has 84 valence electrons. The third-order valence-electron chi connectivity index (χ3n) is 2.34. The second kappa shape index (κ2) is 4.39. The summed E-state index contributed by atoms with van der Waals surface area (Å²) in [5, 5.41) is 5.89. The lowest BCUT2D eigenvalue weighted by Crippen LogP contribution is -2.15. The van der Waals surface area contributed by atoms with Crippen molar-refractivity contribution in [2.45, 2.75) is 6.42 Å². The number of thiazole rings is 1. The van der Waals surface area contributed by atoms with Crippen molar-refractivity contribution in [3.63, 3.8) is 0 Å². The maximum Gasteiger partial charge on any atom is 0.183 e. The zero-order valence-corrected chi connectivity index (χ0v) is 11.2. The van der Waals surface area contributed by atoms with Crippen LogP contribution in [0.3, 0.4) is 0 Å². The fraction of sp³-hybridized carbons (Fsp3) is 0.625. The van der Waals surface area contributed by atoms with Crippen LogP contribution in [0.4, 0.5) is 5.13 Å². The molecular formula is C8H11BrN2O2S2. The molecule has 0 amide bonds. The van der Waals surface area contributed by atoms with Crippen LogP contribution in [-0.4, -0.2) is 31.5 Å². The number of halogens is 1. The van der Waals surface area contributed by atoms with E-state index in [-0.39, 0.29) is 5.92 Å². The van der Waals surface area contributed by atoms with Gasteiger partial charge in [0, 0.05) is 11.9 Å². The van der Waals surface area contributed by atoms with Gasteiger partial charge < -0.3 is 5.32 Å². The summed E-state index contributed by atoms with van der Waals surface area (Å²) >= 11 is 4.78. The predicted octanol–water partition coefficient (Wildman–Crippen LogP) is 1.75. The minimum absolute atomic E-state index is 0.234. The minimum Gasteiger partial charge on any atom is -0.361 e. The smallest absolute Gasteiger partial charge is 0.183 e. The number of aromatic nitrogens is 1. The van der Waals surface area contributed by atoms with E-state index in [2.05, 4.69) is 26.2 Å². The minimum atomic E-state index is -2.76. The zero-order chi connectivity index (χ0) is 10.9. The van der Waals surface area contributed by atoms with E-state index >= 15 is 0 Å². The molecule has 15 heavy (non-hydrogen) atoms. The van der Waals surface area contributed by atoms with Gasteiger partial charge in [0.05, 0.1) is 11.5 Å². The maximum absolute atomic E-state index is 11.2. The second-order valence-corrected chi connectivity index (χ2v) is 7.52. The molecule has 1 aromatic rings. The summed E-state index contributed by atoms with van der Waals surface area (Å²) in [4.78, 5) is 4.18. The molecule has 0 bridgehead atoms. The highest BCUT2D eigenvalue weighted by atomic mass is 79.9. The number of nitrogens with one attached hydrogen (secondary N) is 1. The van der Waals surface area contributed by atoms with Crippen LogP contribution in [0.5, 0.6) is 0 Å². The van der Waals surface area contributed by atoms with Gasteiger partial charge in [0.25, 0.3) is 0 Å². The van der Waals surface area contributed by atoms with Gasteiger partial charge in [0.1, 0.15) is 4.60 Å². The van der Waals surface area contributed by atoms with Crippen LogP contribution in [0.1, 0.15) is 6.42 Å². The van der Waals surface area contributed by atoms with Gasteiger partial charge >= 0.3 is 0 Å². The number of anilines is 1. The van der Waals surface area contributed by atoms with E-state index in [1.165, 1.54) is 11.3 Å². The van der Waals surface area contributed by atoms with Gasteiger partial charge in [-0.05, 0) is 28.3 Å². The summed E-state index contributed by atoms with van der Waals surface area (Å²) in [7, 11) is -2.76. The van der Waals surface area contributed by atoms with Crippen LogP contribution in [0.25, 0.3) is 0 Å². The van der Waals surface area contributed by atoms with Crippen molar-refractivity contribution in [1.29, 1.82) is 0 Å². The topological polar surface area (TPSA) is 59.1 Å². The number of hydrogen-bond donors (Lipinski definition) is 1. The first-order valence-corrected chi connectivity index (χ1v) is 8.10. The van der Waals surface area contributed by atoms with Crippen LogP contribution in [0.15, 0.2) is 9.98 Å². The third-order valence-corrected chi connectivity index (χ3v) is 5.69. The zero-order valence-electron chi connectivity index (χ0n) is 7.94. The summed E-state index contributed by atoms with van der Waals surface area (Å²) in [5.74, 6) is 0.880. The molecule has 1 unspecified atom stereocenters. The van der Waals surface area contributed by atoms with Gasteiger partial charge in [0.2, 0.25) is 0 Å². The van der Waals surface area contributed by atoms with Crippen molar-refractivity contribution in [2.75, 3.05) is 23.4 Å². The molecule has 1 N–H and O–H groups in total. The highest BCUT2D eigenvalue weighted by molar-refractivity contribution is 9.10. The number of nitrogens with zero attached hydrogens (tertiary/aromatic N) is 1. The van der Waals surface area contributed by atoms with Gasteiger partial charge in [-0.25, -0.2) is 13.4 Å². The Morgan fingerprint density at radius 3 is 3.00 bits per heavy atom. The molecule has 0 spiro atoms. The fourth-order valence-electron chi connectivity index (χ4n) is 1.60. The average molecular weight is 311 g/mol. The van der Waals surface area contributed by atoms with Crippen molar-refractivity contribution in [3.05, 3.63) is 9.98 Å². The van der Waals surface area contributed by atoms with Gasteiger partial charge in [0.15, 0.2) is 15.0 Å². The number of rotatable bonds is 3. The van der Waals surface area contributed by atoms with Crippen LogP contribution in [0.2, 0.25) is 0 Å². The van der Waals surface area contributed by atoms with E-state index in [0.717, 1.165) is 16.2 Å². The predicted molar refractivity (Wildman–Crippen MR) is 65.1 cm³/mol. The van der Waals surface area contributed by atoms with Crippen LogP contribution in [0, 0.1) is 5.92 Å². The van der Waals surface area contributed by atoms with E-state index in [4.69, 9.17) is 0 Å². The largest absolute Gasteiger partial charge is 0.361 e. The first kappa shape index (κ1) is 11.3. The molecule has 0 radical (unpaired) electrons. The van der Waals surface area contributed by atoms with Crippen LogP contribution in [-0.2, 0) is 9.84 Å². The quantitative estimate of drug-likeness (QED) is 0.924. The van der Waals surface area contributed by atoms with E-state index in [0.29, 0.717) is 18.1 Å². The second-order valence-electron chi connectivity index (χ2n) is 3.63. The third kappa shape index (κ3) is 3.15. The summed E-state index contributed by atoms with van der Waals surface area (Å²) in [6.07, 6.45) is 0.766. The fourth-order valence-corrected chi connectivity index (χ4v) is 4.62. The first-order chi connectivity index (χ1) is 7.05. The average Bonchev–Trinajstić information content (AvgIpc) is 2.69. The highest BCUT2D eigenvalue weighted by Crippen LogP contribution is 2.22. The molecule has 1 fully saturated rings. The molecule has 1 saturated heterocycles. The van der Waals surface area contributed by atoms with Crippen molar-refractivity contribution < 1.29 is 8.42 Å². The molecule has 1 aromatic heterocycles. The monoisotopic (exact) mass is 310 g/mol. The molecule has 7 heteroatoms. The lowest BCUT2D eigenvalue weighted by atomic mass is 10.1. The van der Waals surface area contributed by atoms with Gasteiger partial charge in [-0.3, -0.25) is 0 Å². The Kier molecular flexibility index (Phi) is 3.32. The summed E-state index contributed by atoms with van der Waals surface area (Å²) in [5.41, 5.74) is 0. The summed E-state index contributed by atoms with van der Waals surface area (Å²) in [6, 6.07) is 0. The molecule has 2 rings (SSSR count). The van der Waals surface area contributed by atoms with E-state index < -0.39 is 9.84 Å². The number of sulfone groups is 1. The van der Waals surface area contributed by atoms with Crippen molar-refractivity contribution in [1.82, 2.24) is 4.98 Å². The molecule has 1 atom stereocenters.